The van der Waals surface area contributed by atoms with Gasteiger partial charge in [-0.3, -0.25) is 10.1 Å². The van der Waals surface area contributed by atoms with Crippen molar-refractivity contribution in [1.29, 1.82) is 0 Å². The van der Waals surface area contributed by atoms with Gasteiger partial charge in [-0.15, -0.1) is 0 Å². The molecule has 0 aromatic heterocycles. The van der Waals surface area contributed by atoms with Crippen LogP contribution in [0.1, 0.15) is 16.7 Å². The van der Waals surface area contributed by atoms with E-state index in [1.165, 1.54) is 23.3 Å². The molecule has 0 aliphatic rings. The van der Waals surface area contributed by atoms with E-state index in [1.807, 2.05) is 12.1 Å². The second-order valence-corrected chi connectivity index (χ2v) is 5.29. The molecule has 0 saturated carbocycles. The van der Waals surface area contributed by atoms with Gasteiger partial charge in [-0.05, 0) is 42.6 Å². The molecule has 2 aromatic rings. The van der Waals surface area contributed by atoms with E-state index in [4.69, 9.17) is 11.6 Å². The molecule has 0 amide bonds. The van der Waals surface area contributed by atoms with Crippen LogP contribution >= 0.6 is 11.6 Å². The Morgan fingerprint density at radius 1 is 1.19 bits per heavy atom. The van der Waals surface area contributed by atoms with Crippen molar-refractivity contribution in [2.24, 2.45) is 0 Å². The third-order valence-electron chi connectivity index (χ3n) is 3.39. The molecule has 0 spiro atoms. The van der Waals surface area contributed by atoms with E-state index >= 15 is 0 Å². The van der Waals surface area contributed by atoms with E-state index in [1.54, 1.807) is 6.07 Å². The van der Waals surface area contributed by atoms with Crippen molar-refractivity contribution in [3.63, 3.8) is 0 Å². The average molecular weight is 305 g/mol. The van der Waals surface area contributed by atoms with Crippen LogP contribution in [0, 0.1) is 17.0 Å². The molecule has 5 heteroatoms. The minimum Gasteiger partial charge on any atom is -0.312 e. The van der Waals surface area contributed by atoms with Crippen LogP contribution in [0.2, 0.25) is 5.02 Å². The van der Waals surface area contributed by atoms with Gasteiger partial charge in [0.2, 0.25) is 0 Å². The maximum absolute atomic E-state index is 10.8. The Balaban J connectivity index is 1.90. The number of benzene rings is 2. The highest BCUT2D eigenvalue weighted by Crippen LogP contribution is 2.21. The summed E-state index contributed by atoms with van der Waals surface area (Å²) >= 11 is 6.06. The van der Waals surface area contributed by atoms with E-state index in [9.17, 15) is 10.1 Å². The normalized spacial score (nSPS) is 10.6. The largest absolute Gasteiger partial charge is 0.312 e. The van der Waals surface area contributed by atoms with E-state index in [0.29, 0.717) is 11.6 Å². The number of halogens is 1. The zero-order chi connectivity index (χ0) is 15.2. The molecule has 0 unspecified atom stereocenters. The molecule has 0 saturated heterocycles. The summed E-state index contributed by atoms with van der Waals surface area (Å²) in [5.74, 6) is 0. The molecule has 1 N–H and O–H groups in total. The number of nitro groups is 1. The number of hydrogen-bond donors (Lipinski definition) is 1. The SMILES string of the molecule is Cc1ccccc1CCNCc1cc([N+](=O)[O-])ccc1Cl. The van der Waals surface area contributed by atoms with Crippen molar-refractivity contribution in [1.82, 2.24) is 5.32 Å². The Labute approximate surface area is 128 Å². The van der Waals surface area contributed by atoms with E-state index in [0.717, 1.165) is 18.5 Å². The molecule has 4 nitrogen and oxygen atoms in total. The lowest BCUT2D eigenvalue weighted by atomic mass is 10.1. The standard InChI is InChI=1S/C16H17ClN2O2/c1-12-4-2-3-5-13(12)8-9-18-11-14-10-15(19(20)21)6-7-16(14)17/h2-7,10,18H,8-9,11H2,1H3. The monoisotopic (exact) mass is 304 g/mol. The predicted octanol–water partition coefficient (Wildman–Crippen LogP) is 3.89. The molecule has 0 atom stereocenters. The quantitative estimate of drug-likeness (QED) is 0.500. The maximum Gasteiger partial charge on any atom is 0.269 e. The first-order valence-electron chi connectivity index (χ1n) is 6.76. The molecule has 0 aliphatic carbocycles. The molecule has 0 heterocycles. The van der Waals surface area contributed by atoms with Crippen LogP contribution in [-0.4, -0.2) is 11.5 Å². The van der Waals surface area contributed by atoms with Gasteiger partial charge in [-0.25, -0.2) is 0 Å². The average Bonchev–Trinajstić information content (AvgIpc) is 2.46. The van der Waals surface area contributed by atoms with Gasteiger partial charge < -0.3 is 5.32 Å². The molecular weight excluding hydrogens is 288 g/mol. The third-order valence-corrected chi connectivity index (χ3v) is 3.76. The molecule has 110 valence electrons. The minimum atomic E-state index is -0.410. The van der Waals surface area contributed by atoms with Crippen molar-refractivity contribution in [3.8, 4) is 0 Å². The van der Waals surface area contributed by atoms with Crippen LogP contribution in [0.4, 0.5) is 5.69 Å². The van der Waals surface area contributed by atoms with Gasteiger partial charge in [-0.2, -0.15) is 0 Å². The van der Waals surface area contributed by atoms with E-state index in [-0.39, 0.29) is 5.69 Å². The Morgan fingerprint density at radius 3 is 2.67 bits per heavy atom. The van der Waals surface area contributed by atoms with E-state index < -0.39 is 4.92 Å². The van der Waals surface area contributed by atoms with Gasteiger partial charge >= 0.3 is 0 Å². The first-order valence-corrected chi connectivity index (χ1v) is 7.14. The molecule has 0 bridgehead atoms. The van der Waals surface area contributed by atoms with Crippen LogP contribution < -0.4 is 5.32 Å². The maximum atomic E-state index is 10.8. The number of nitro benzene ring substituents is 1. The molecule has 0 fully saturated rings. The summed E-state index contributed by atoms with van der Waals surface area (Å²) in [5.41, 5.74) is 3.38. The van der Waals surface area contributed by atoms with E-state index in [2.05, 4.69) is 24.4 Å². The lowest BCUT2D eigenvalue weighted by Crippen LogP contribution is -2.17. The van der Waals surface area contributed by atoms with Crippen molar-refractivity contribution in [2.45, 2.75) is 19.9 Å². The fourth-order valence-electron chi connectivity index (χ4n) is 2.15. The molecular formula is C16H17ClN2O2. The first-order chi connectivity index (χ1) is 10.1. The summed E-state index contributed by atoms with van der Waals surface area (Å²) in [7, 11) is 0. The van der Waals surface area contributed by atoms with Gasteiger partial charge in [0.15, 0.2) is 0 Å². The summed E-state index contributed by atoms with van der Waals surface area (Å²) in [6, 6.07) is 12.7. The second kappa shape index (κ2) is 7.20. The fraction of sp³-hybridized carbons (Fsp3) is 0.250. The highest BCUT2D eigenvalue weighted by atomic mass is 35.5. The summed E-state index contributed by atoms with van der Waals surface area (Å²) in [4.78, 5) is 10.3. The van der Waals surface area contributed by atoms with Crippen LogP contribution in [0.5, 0.6) is 0 Å². The zero-order valence-corrected chi connectivity index (χ0v) is 12.6. The Morgan fingerprint density at radius 2 is 1.95 bits per heavy atom. The number of nitrogens with one attached hydrogen (secondary N) is 1. The van der Waals surface area contributed by atoms with Gasteiger partial charge in [0.05, 0.1) is 4.92 Å². The lowest BCUT2D eigenvalue weighted by Gasteiger charge is -2.08. The van der Waals surface area contributed by atoms with Crippen LogP contribution in [0.3, 0.4) is 0 Å². The predicted molar refractivity (Wildman–Crippen MR) is 84.7 cm³/mol. The molecule has 2 rings (SSSR count). The Kier molecular flexibility index (Phi) is 5.31. The smallest absolute Gasteiger partial charge is 0.269 e. The first kappa shape index (κ1) is 15.5. The summed E-state index contributed by atoms with van der Waals surface area (Å²) in [6.45, 7) is 3.41. The topological polar surface area (TPSA) is 55.2 Å². The summed E-state index contributed by atoms with van der Waals surface area (Å²) in [6.07, 6.45) is 0.916. The molecule has 21 heavy (non-hydrogen) atoms. The Hall–Kier alpha value is -1.91. The van der Waals surface area contributed by atoms with Crippen molar-refractivity contribution < 1.29 is 4.92 Å². The minimum absolute atomic E-state index is 0.0649. The van der Waals surface area contributed by atoms with Gasteiger partial charge in [0.25, 0.3) is 5.69 Å². The second-order valence-electron chi connectivity index (χ2n) is 4.89. The summed E-state index contributed by atoms with van der Waals surface area (Å²) < 4.78 is 0. The van der Waals surface area contributed by atoms with Crippen molar-refractivity contribution in [3.05, 3.63) is 74.3 Å². The molecule has 2 aromatic carbocycles. The molecule has 0 radical (unpaired) electrons. The van der Waals surface area contributed by atoms with Gasteiger partial charge in [0.1, 0.15) is 0 Å². The Bertz CT molecular complexity index is 644. The summed E-state index contributed by atoms with van der Waals surface area (Å²) in [5, 5.41) is 14.6. The van der Waals surface area contributed by atoms with Crippen molar-refractivity contribution >= 4 is 17.3 Å². The number of nitrogens with zero attached hydrogens (tertiary/aromatic N) is 1. The molecule has 0 aliphatic heterocycles. The third kappa shape index (κ3) is 4.28. The van der Waals surface area contributed by atoms with Gasteiger partial charge in [0, 0.05) is 23.7 Å². The lowest BCUT2D eigenvalue weighted by molar-refractivity contribution is -0.384. The van der Waals surface area contributed by atoms with Crippen LogP contribution in [-0.2, 0) is 13.0 Å². The highest BCUT2D eigenvalue weighted by molar-refractivity contribution is 6.31. The van der Waals surface area contributed by atoms with Crippen molar-refractivity contribution in [2.75, 3.05) is 6.54 Å². The number of rotatable bonds is 6. The van der Waals surface area contributed by atoms with Crippen LogP contribution in [0.15, 0.2) is 42.5 Å². The zero-order valence-electron chi connectivity index (χ0n) is 11.8. The number of hydrogen-bond acceptors (Lipinski definition) is 3. The number of aryl methyl sites for hydroxylation is 1. The number of non-ortho nitro benzene ring substituents is 1. The van der Waals surface area contributed by atoms with Crippen LogP contribution in [0.25, 0.3) is 0 Å². The fourth-order valence-corrected chi connectivity index (χ4v) is 2.33. The van der Waals surface area contributed by atoms with Gasteiger partial charge in [-0.1, -0.05) is 35.9 Å². The highest BCUT2D eigenvalue weighted by Gasteiger charge is 2.09.